The van der Waals surface area contributed by atoms with Gasteiger partial charge in [-0.05, 0) is 20.8 Å². The normalized spacial score (nSPS) is 34.6. The van der Waals surface area contributed by atoms with E-state index in [4.69, 9.17) is 14.2 Å². The smallest absolute Gasteiger partial charge is 0.407 e. The molecule has 0 bridgehead atoms. The van der Waals surface area contributed by atoms with E-state index in [9.17, 15) is 20.1 Å². The van der Waals surface area contributed by atoms with E-state index in [1.54, 1.807) is 20.8 Å². The van der Waals surface area contributed by atoms with E-state index >= 15 is 0 Å². The number of amides is 1. The lowest BCUT2D eigenvalue weighted by molar-refractivity contribution is -0.288. The van der Waals surface area contributed by atoms with Crippen LogP contribution in [0.5, 0.6) is 0 Å². The molecule has 1 rings (SSSR count). The molecule has 20 heavy (non-hydrogen) atoms. The van der Waals surface area contributed by atoms with Crippen LogP contribution in [0.4, 0.5) is 4.79 Å². The average molecular weight is 293 g/mol. The van der Waals surface area contributed by atoms with Crippen molar-refractivity contribution in [1.29, 1.82) is 0 Å². The van der Waals surface area contributed by atoms with Gasteiger partial charge in [0.2, 0.25) is 0 Å². The Morgan fingerprint density at radius 2 is 1.80 bits per heavy atom. The number of hydrogen-bond acceptors (Lipinski definition) is 7. The van der Waals surface area contributed by atoms with Gasteiger partial charge in [0.05, 0.1) is 0 Å². The zero-order valence-electron chi connectivity index (χ0n) is 12.1. The molecule has 0 aromatic heterocycles. The molecule has 1 heterocycles. The van der Waals surface area contributed by atoms with E-state index in [2.05, 4.69) is 5.32 Å². The Hall–Kier alpha value is -0.930. The van der Waals surface area contributed by atoms with Crippen LogP contribution < -0.4 is 5.32 Å². The van der Waals surface area contributed by atoms with Crippen molar-refractivity contribution in [2.45, 2.75) is 57.1 Å². The minimum Gasteiger partial charge on any atom is -0.444 e. The third-order valence-electron chi connectivity index (χ3n) is 2.75. The lowest BCUT2D eigenvalue weighted by Gasteiger charge is -2.39. The van der Waals surface area contributed by atoms with Crippen molar-refractivity contribution in [1.82, 2.24) is 5.32 Å². The SMILES string of the molecule is CO[C@@H]1O[C@H](CNC(=O)OC(C)(C)C)[C@@H](O)[C@H](O)[C@H]1O. The molecule has 0 aliphatic carbocycles. The summed E-state index contributed by atoms with van der Waals surface area (Å²) in [6.45, 7) is 5.08. The van der Waals surface area contributed by atoms with Crippen molar-refractivity contribution >= 4 is 6.09 Å². The standard InChI is InChI=1S/C12H23NO7/c1-12(2,3)20-11(17)13-5-6-7(14)8(15)9(16)10(18-4)19-6/h6-10,14-16H,5H2,1-4H3,(H,13,17)/t6-,7-,8+,9-,10-/m1/s1. The largest absolute Gasteiger partial charge is 0.444 e. The first-order chi connectivity index (χ1) is 9.15. The Labute approximate surface area is 117 Å². The Morgan fingerprint density at radius 3 is 2.30 bits per heavy atom. The van der Waals surface area contributed by atoms with Gasteiger partial charge in [-0.2, -0.15) is 0 Å². The summed E-state index contributed by atoms with van der Waals surface area (Å²) in [5.74, 6) is 0. The van der Waals surface area contributed by atoms with Gasteiger partial charge in [-0.1, -0.05) is 0 Å². The minimum atomic E-state index is -1.42. The van der Waals surface area contributed by atoms with Crippen LogP contribution >= 0.6 is 0 Å². The Balaban J connectivity index is 2.52. The molecule has 0 aromatic rings. The zero-order chi connectivity index (χ0) is 15.5. The third kappa shape index (κ3) is 4.57. The fourth-order valence-electron chi connectivity index (χ4n) is 1.78. The number of methoxy groups -OCH3 is 1. The van der Waals surface area contributed by atoms with Crippen LogP contribution in [-0.2, 0) is 14.2 Å². The first-order valence-corrected chi connectivity index (χ1v) is 6.35. The molecule has 0 aromatic carbocycles. The lowest BCUT2D eigenvalue weighted by Crippen LogP contribution is -2.60. The Kier molecular flexibility index (Phi) is 5.72. The molecule has 1 aliphatic rings. The molecular formula is C12H23NO7. The molecule has 1 saturated heterocycles. The molecule has 8 nitrogen and oxygen atoms in total. The van der Waals surface area contributed by atoms with Gasteiger partial charge in [-0.25, -0.2) is 4.79 Å². The van der Waals surface area contributed by atoms with E-state index in [0.717, 1.165) is 0 Å². The summed E-state index contributed by atoms with van der Waals surface area (Å²) < 4.78 is 15.1. The van der Waals surface area contributed by atoms with E-state index in [0.29, 0.717) is 0 Å². The predicted molar refractivity (Wildman–Crippen MR) is 67.9 cm³/mol. The molecule has 0 radical (unpaired) electrons. The number of rotatable bonds is 3. The molecule has 8 heteroatoms. The van der Waals surface area contributed by atoms with Crippen LogP contribution in [0.3, 0.4) is 0 Å². The number of carbonyl (C=O) groups is 1. The average Bonchev–Trinajstić information content (AvgIpc) is 2.33. The minimum absolute atomic E-state index is 0.0836. The van der Waals surface area contributed by atoms with Crippen molar-refractivity contribution in [2.24, 2.45) is 0 Å². The summed E-state index contributed by atoms with van der Waals surface area (Å²) in [6, 6.07) is 0. The summed E-state index contributed by atoms with van der Waals surface area (Å²) in [6.07, 6.45) is -6.76. The fourth-order valence-corrected chi connectivity index (χ4v) is 1.78. The number of aliphatic hydroxyl groups excluding tert-OH is 3. The van der Waals surface area contributed by atoms with Crippen molar-refractivity contribution in [2.75, 3.05) is 13.7 Å². The second-order valence-electron chi connectivity index (χ2n) is 5.63. The van der Waals surface area contributed by atoms with Gasteiger partial charge in [-0.3, -0.25) is 0 Å². The fraction of sp³-hybridized carbons (Fsp3) is 0.917. The maximum absolute atomic E-state index is 11.5. The summed E-state index contributed by atoms with van der Waals surface area (Å²) >= 11 is 0. The van der Waals surface area contributed by atoms with Gasteiger partial charge in [0.1, 0.15) is 30.0 Å². The number of alkyl carbamates (subject to hydrolysis) is 1. The molecule has 0 saturated carbocycles. The highest BCUT2D eigenvalue weighted by Crippen LogP contribution is 2.21. The van der Waals surface area contributed by atoms with Gasteiger partial charge in [-0.15, -0.1) is 0 Å². The molecule has 1 fully saturated rings. The number of carbonyl (C=O) groups excluding carboxylic acids is 1. The summed E-state index contributed by atoms with van der Waals surface area (Å²) in [4.78, 5) is 11.5. The number of nitrogens with one attached hydrogen (secondary N) is 1. The molecule has 1 aliphatic heterocycles. The highest BCUT2D eigenvalue weighted by molar-refractivity contribution is 5.67. The van der Waals surface area contributed by atoms with E-state index in [1.807, 2.05) is 0 Å². The van der Waals surface area contributed by atoms with E-state index in [-0.39, 0.29) is 6.54 Å². The van der Waals surface area contributed by atoms with Crippen LogP contribution in [0.25, 0.3) is 0 Å². The maximum Gasteiger partial charge on any atom is 0.407 e. The lowest BCUT2D eigenvalue weighted by atomic mass is 9.99. The van der Waals surface area contributed by atoms with E-state index in [1.165, 1.54) is 7.11 Å². The molecular weight excluding hydrogens is 270 g/mol. The predicted octanol–water partition coefficient (Wildman–Crippen LogP) is -1.03. The van der Waals surface area contributed by atoms with Gasteiger partial charge >= 0.3 is 6.09 Å². The maximum atomic E-state index is 11.5. The van der Waals surface area contributed by atoms with Gasteiger partial charge in [0.25, 0.3) is 0 Å². The van der Waals surface area contributed by atoms with Crippen LogP contribution in [0.15, 0.2) is 0 Å². The van der Waals surface area contributed by atoms with Crippen molar-refractivity contribution in [3.05, 3.63) is 0 Å². The molecule has 118 valence electrons. The van der Waals surface area contributed by atoms with Crippen LogP contribution in [0.1, 0.15) is 20.8 Å². The van der Waals surface area contributed by atoms with Gasteiger partial charge in [0, 0.05) is 13.7 Å². The topological polar surface area (TPSA) is 117 Å². The molecule has 1 amide bonds. The highest BCUT2D eigenvalue weighted by Gasteiger charge is 2.43. The Morgan fingerprint density at radius 1 is 1.20 bits per heavy atom. The number of hydrogen-bond donors (Lipinski definition) is 4. The second-order valence-corrected chi connectivity index (χ2v) is 5.63. The quantitative estimate of drug-likeness (QED) is 0.525. The number of ether oxygens (including phenoxy) is 3. The Bertz CT molecular complexity index is 328. The highest BCUT2D eigenvalue weighted by atomic mass is 16.7. The summed E-state index contributed by atoms with van der Waals surface area (Å²) in [5, 5.41) is 31.5. The molecule has 0 unspecified atom stereocenters. The van der Waals surface area contributed by atoms with Crippen LogP contribution in [-0.4, -0.2) is 71.4 Å². The van der Waals surface area contributed by atoms with Crippen LogP contribution in [0, 0.1) is 0 Å². The van der Waals surface area contributed by atoms with Gasteiger partial charge < -0.3 is 34.8 Å². The van der Waals surface area contributed by atoms with Crippen molar-refractivity contribution in [3.8, 4) is 0 Å². The molecule has 0 spiro atoms. The molecule has 5 atom stereocenters. The first-order valence-electron chi connectivity index (χ1n) is 6.35. The molecule has 4 N–H and O–H groups in total. The van der Waals surface area contributed by atoms with Crippen LogP contribution in [0.2, 0.25) is 0 Å². The van der Waals surface area contributed by atoms with E-state index < -0.39 is 42.4 Å². The van der Waals surface area contributed by atoms with Crippen molar-refractivity contribution in [3.63, 3.8) is 0 Å². The monoisotopic (exact) mass is 293 g/mol. The third-order valence-corrected chi connectivity index (χ3v) is 2.75. The van der Waals surface area contributed by atoms with Gasteiger partial charge in [0.15, 0.2) is 6.29 Å². The first kappa shape index (κ1) is 17.1. The second kappa shape index (κ2) is 6.68. The summed E-state index contributed by atoms with van der Waals surface area (Å²) in [5.41, 5.74) is -0.638. The zero-order valence-corrected chi connectivity index (χ0v) is 12.1. The number of aliphatic hydroxyl groups is 3. The summed E-state index contributed by atoms with van der Waals surface area (Å²) in [7, 11) is 1.30. The van der Waals surface area contributed by atoms with Crippen molar-refractivity contribution < 1.29 is 34.3 Å².